The average Bonchev–Trinajstić information content (AvgIpc) is 2.67. The number of aromatic nitrogens is 2. The largest absolute Gasteiger partial charge is 0.340 e. The Labute approximate surface area is 163 Å². The Morgan fingerprint density at radius 1 is 1.04 bits per heavy atom. The second-order valence-electron chi connectivity index (χ2n) is 5.90. The Balaban J connectivity index is 1.75. The topological polar surface area (TPSA) is 84.0 Å². The van der Waals surface area contributed by atoms with Crippen LogP contribution in [0.25, 0.3) is 11.3 Å². The molecule has 0 aliphatic rings. The van der Waals surface area contributed by atoms with Crippen LogP contribution in [0.2, 0.25) is 0 Å². The van der Waals surface area contributed by atoms with E-state index in [1.54, 1.807) is 18.1 Å². The minimum Gasteiger partial charge on any atom is -0.340 e. The molecule has 27 heavy (non-hydrogen) atoms. The summed E-state index contributed by atoms with van der Waals surface area (Å²) in [6.45, 7) is 0.266. The van der Waals surface area contributed by atoms with Crippen molar-refractivity contribution in [1.29, 1.82) is 0 Å². The van der Waals surface area contributed by atoms with Gasteiger partial charge in [-0.2, -0.15) is 0 Å². The second-order valence-corrected chi connectivity index (χ2v) is 8.59. The molecule has 0 fully saturated rings. The molecule has 0 radical (unpaired) electrons. The van der Waals surface area contributed by atoms with Crippen LogP contribution in [-0.4, -0.2) is 30.9 Å². The summed E-state index contributed by atoms with van der Waals surface area (Å²) in [7, 11) is -3.20. The lowest BCUT2D eigenvalue weighted by Gasteiger charge is -2.10. The molecule has 3 rings (SSSR count). The Kier molecular flexibility index (Phi) is 6.10. The van der Waals surface area contributed by atoms with E-state index in [1.807, 2.05) is 54.8 Å². The number of nitrogens with zero attached hydrogens (tertiary/aromatic N) is 2. The van der Waals surface area contributed by atoms with Gasteiger partial charge in [0.1, 0.15) is 12.1 Å². The van der Waals surface area contributed by atoms with Crippen LogP contribution in [0.3, 0.4) is 0 Å². The Morgan fingerprint density at radius 2 is 1.78 bits per heavy atom. The average molecular weight is 401 g/mol. The molecule has 0 atom stereocenters. The maximum atomic E-state index is 11.2. The van der Waals surface area contributed by atoms with Crippen LogP contribution in [0.15, 0.2) is 65.8 Å². The van der Waals surface area contributed by atoms with Crippen molar-refractivity contribution in [3.8, 4) is 11.3 Å². The van der Waals surface area contributed by atoms with Crippen LogP contribution in [0.4, 0.5) is 11.5 Å². The van der Waals surface area contributed by atoms with E-state index in [0.717, 1.165) is 33.7 Å². The van der Waals surface area contributed by atoms with Crippen LogP contribution in [-0.2, 0) is 16.6 Å². The van der Waals surface area contributed by atoms with Gasteiger partial charge < -0.3 is 5.32 Å². The number of rotatable bonds is 7. The smallest absolute Gasteiger partial charge is 0.209 e. The molecule has 1 aromatic heterocycles. The van der Waals surface area contributed by atoms with Crippen molar-refractivity contribution >= 4 is 33.3 Å². The van der Waals surface area contributed by atoms with Gasteiger partial charge in [0.05, 0.1) is 11.9 Å². The van der Waals surface area contributed by atoms with Crippen molar-refractivity contribution in [2.45, 2.75) is 11.4 Å². The molecule has 3 aromatic rings. The lowest BCUT2D eigenvalue weighted by atomic mass is 10.1. The molecule has 0 aliphatic heterocycles. The second kappa shape index (κ2) is 8.51. The summed E-state index contributed by atoms with van der Waals surface area (Å²) < 4.78 is 24.8. The summed E-state index contributed by atoms with van der Waals surface area (Å²) in [6.07, 6.45) is 4.73. The van der Waals surface area contributed by atoms with Gasteiger partial charge in [0, 0.05) is 28.8 Å². The van der Waals surface area contributed by atoms with E-state index in [4.69, 9.17) is 0 Å². The number of hydrogen-bond donors (Lipinski definition) is 2. The van der Waals surface area contributed by atoms with E-state index < -0.39 is 10.0 Å². The summed E-state index contributed by atoms with van der Waals surface area (Å²) in [5.74, 6) is 0.693. The van der Waals surface area contributed by atoms with Gasteiger partial charge in [-0.3, -0.25) is 0 Å². The molecule has 2 aromatic carbocycles. The first kappa shape index (κ1) is 19.3. The molecule has 140 valence electrons. The van der Waals surface area contributed by atoms with Crippen LogP contribution < -0.4 is 10.0 Å². The number of benzene rings is 2. The maximum Gasteiger partial charge on any atom is 0.209 e. The Hall–Kier alpha value is -2.42. The van der Waals surface area contributed by atoms with Crippen LogP contribution >= 0.6 is 11.8 Å². The van der Waals surface area contributed by atoms with E-state index in [1.165, 1.54) is 0 Å². The molecule has 6 nitrogen and oxygen atoms in total. The van der Waals surface area contributed by atoms with E-state index in [2.05, 4.69) is 26.1 Å². The maximum absolute atomic E-state index is 11.2. The van der Waals surface area contributed by atoms with Crippen molar-refractivity contribution in [2.24, 2.45) is 0 Å². The number of thioether (sulfide) groups is 1. The highest BCUT2D eigenvalue weighted by molar-refractivity contribution is 7.98. The molecule has 0 bridgehead atoms. The standard InChI is InChI=1S/C19H20N4O2S2/c1-26-18-6-4-3-5-16(18)17-11-19(21-13-20-17)23-15-9-7-14(8-10-15)12-22-27(2,24)25/h3-11,13,22H,12H2,1-2H3,(H,20,21,23). The molecule has 0 amide bonds. The molecule has 8 heteroatoms. The first-order chi connectivity index (χ1) is 12.9. The van der Waals surface area contributed by atoms with Gasteiger partial charge >= 0.3 is 0 Å². The predicted molar refractivity (Wildman–Crippen MR) is 111 cm³/mol. The van der Waals surface area contributed by atoms with E-state index >= 15 is 0 Å². The van der Waals surface area contributed by atoms with E-state index in [-0.39, 0.29) is 6.54 Å². The summed E-state index contributed by atoms with van der Waals surface area (Å²) in [4.78, 5) is 9.84. The SMILES string of the molecule is CSc1ccccc1-c1cc(Nc2ccc(CNS(C)(=O)=O)cc2)ncn1. The van der Waals surface area contributed by atoms with Crippen molar-refractivity contribution < 1.29 is 8.42 Å². The number of anilines is 2. The number of sulfonamides is 1. The third-order valence-electron chi connectivity index (χ3n) is 3.81. The summed E-state index contributed by atoms with van der Waals surface area (Å²) in [5.41, 5.74) is 3.66. The highest BCUT2D eigenvalue weighted by atomic mass is 32.2. The fourth-order valence-corrected chi connectivity index (χ4v) is 3.53. The lowest BCUT2D eigenvalue weighted by molar-refractivity contribution is 0.587. The molecule has 0 saturated carbocycles. The quantitative estimate of drug-likeness (QED) is 0.589. The highest BCUT2D eigenvalue weighted by Crippen LogP contribution is 2.29. The first-order valence-electron chi connectivity index (χ1n) is 8.20. The van der Waals surface area contributed by atoms with Gasteiger partial charge in [0.15, 0.2) is 0 Å². The normalized spacial score (nSPS) is 11.3. The summed E-state index contributed by atoms with van der Waals surface area (Å²) in [5, 5.41) is 3.25. The van der Waals surface area contributed by atoms with Gasteiger partial charge in [-0.05, 0) is 30.0 Å². The van der Waals surface area contributed by atoms with Gasteiger partial charge in [0.25, 0.3) is 0 Å². The molecule has 0 unspecified atom stereocenters. The Bertz CT molecular complexity index is 1020. The molecule has 1 heterocycles. The molecular formula is C19H20N4O2S2. The van der Waals surface area contributed by atoms with Gasteiger partial charge in [-0.25, -0.2) is 23.1 Å². The minimum absolute atomic E-state index is 0.266. The molecule has 0 saturated heterocycles. The monoisotopic (exact) mass is 400 g/mol. The fourth-order valence-electron chi connectivity index (χ4n) is 2.50. The summed E-state index contributed by atoms with van der Waals surface area (Å²) in [6, 6.07) is 17.5. The molecule has 0 spiro atoms. The molecular weight excluding hydrogens is 380 g/mol. The first-order valence-corrected chi connectivity index (χ1v) is 11.3. The van der Waals surface area contributed by atoms with E-state index in [9.17, 15) is 8.42 Å². The van der Waals surface area contributed by atoms with Crippen molar-refractivity contribution in [3.63, 3.8) is 0 Å². The molecule has 2 N–H and O–H groups in total. The summed E-state index contributed by atoms with van der Waals surface area (Å²) >= 11 is 1.68. The van der Waals surface area contributed by atoms with Gasteiger partial charge in [0.2, 0.25) is 10.0 Å². The van der Waals surface area contributed by atoms with Crippen LogP contribution in [0.5, 0.6) is 0 Å². The zero-order valence-corrected chi connectivity index (χ0v) is 16.6. The van der Waals surface area contributed by atoms with Crippen LogP contribution in [0, 0.1) is 0 Å². The van der Waals surface area contributed by atoms with Crippen molar-refractivity contribution in [2.75, 3.05) is 17.8 Å². The van der Waals surface area contributed by atoms with Crippen molar-refractivity contribution in [3.05, 3.63) is 66.5 Å². The number of hydrogen-bond acceptors (Lipinski definition) is 6. The predicted octanol–water partition coefficient (Wildman–Crippen LogP) is 3.66. The van der Waals surface area contributed by atoms with E-state index in [0.29, 0.717) is 5.82 Å². The highest BCUT2D eigenvalue weighted by Gasteiger charge is 2.07. The fraction of sp³-hybridized carbons (Fsp3) is 0.158. The zero-order valence-electron chi connectivity index (χ0n) is 15.0. The Morgan fingerprint density at radius 3 is 2.48 bits per heavy atom. The third kappa shape index (κ3) is 5.53. The van der Waals surface area contributed by atoms with Gasteiger partial charge in [-0.1, -0.05) is 30.3 Å². The van der Waals surface area contributed by atoms with Gasteiger partial charge in [-0.15, -0.1) is 11.8 Å². The number of nitrogens with one attached hydrogen (secondary N) is 2. The zero-order chi connectivity index (χ0) is 19.3. The third-order valence-corrected chi connectivity index (χ3v) is 5.28. The minimum atomic E-state index is -3.20. The lowest BCUT2D eigenvalue weighted by Crippen LogP contribution is -2.21. The molecule has 0 aliphatic carbocycles. The van der Waals surface area contributed by atoms with Crippen LogP contribution in [0.1, 0.15) is 5.56 Å². The van der Waals surface area contributed by atoms with Crippen molar-refractivity contribution in [1.82, 2.24) is 14.7 Å².